The maximum Gasteiger partial charge on any atom is 0.328 e. The van der Waals surface area contributed by atoms with E-state index in [0.29, 0.717) is 0 Å². The summed E-state index contributed by atoms with van der Waals surface area (Å²) in [6, 6.07) is 2.57. The second kappa shape index (κ2) is 5.09. The molecule has 0 amide bonds. The lowest BCUT2D eigenvalue weighted by Crippen LogP contribution is -2.01. The number of ether oxygens (including phenoxy) is 1. The van der Waals surface area contributed by atoms with Crippen LogP contribution in [0, 0.1) is 11.6 Å². The van der Waals surface area contributed by atoms with E-state index in [2.05, 4.69) is 20.3 Å². The third-order valence-electron chi connectivity index (χ3n) is 1.86. The molecule has 0 atom stereocenters. The summed E-state index contributed by atoms with van der Waals surface area (Å²) < 4.78 is 31.0. The van der Waals surface area contributed by atoms with Crippen LogP contribution in [0.25, 0.3) is 0 Å². The van der Waals surface area contributed by atoms with Crippen LogP contribution in [0.3, 0.4) is 0 Å². The van der Waals surface area contributed by atoms with Crippen molar-refractivity contribution in [1.82, 2.24) is 15.0 Å². The number of halogens is 3. The van der Waals surface area contributed by atoms with E-state index in [1.165, 1.54) is 0 Å². The summed E-state index contributed by atoms with van der Waals surface area (Å²) >= 11 is 5.63. The Morgan fingerprint density at radius 3 is 2.39 bits per heavy atom. The fourth-order valence-corrected chi connectivity index (χ4v) is 1.33. The predicted octanol–water partition coefficient (Wildman–Crippen LogP) is 2.64. The van der Waals surface area contributed by atoms with E-state index in [1.807, 2.05) is 0 Å². The Morgan fingerprint density at radius 1 is 1.11 bits per heavy atom. The standard InChI is InChI=1S/C10H7ClF2N4O/c1-14-9-15-8(11)16-10(17-9)18-7-3-5(12)2-6(13)4-7/h2-4H,1H3,(H,14,15,16,17). The average molecular weight is 273 g/mol. The van der Waals surface area contributed by atoms with E-state index in [1.54, 1.807) is 7.05 Å². The van der Waals surface area contributed by atoms with Crippen molar-refractivity contribution in [1.29, 1.82) is 0 Å². The van der Waals surface area contributed by atoms with Gasteiger partial charge in [0.25, 0.3) is 0 Å². The lowest BCUT2D eigenvalue weighted by molar-refractivity contribution is 0.431. The molecule has 2 aromatic rings. The molecule has 0 aliphatic carbocycles. The summed E-state index contributed by atoms with van der Waals surface area (Å²) in [5.74, 6) is -1.42. The van der Waals surface area contributed by atoms with Crippen LogP contribution in [0.1, 0.15) is 0 Å². The van der Waals surface area contributed by atoms with Crippen molar-refractivity contribution >= 4 is 17.5 Å². The molecule has 0 bridgehead atoms. The highest BCUT2D eigenvalue weighted by atomic mass is 35.5. The van der Waals surface area contributed by atoms with Crippen LogP contribution in [0.5, 0.6) is 11.8 Å². The number of benzene rings is 1. The Bertz CT molecular complexity index is 562. The SMILES string of the molecule is CNc1nc(Cl)nc(Oc2cc(F)cc(F)c2)n1. The zero-order chi connectivity index (χ0) is 13.1. The van der Waals surface area contributed by atoms with Crippen molar-refractivity contribution in [3.63, 3.8) is 0 Å². The van der Waals surface area contributed by atoms with Gasteiger partial charge in [-0.05, 0) is 11.6 Å². The van der Waals surface area contributed by atoms with Gasteiger partial charge in [0.05, 0.1) is 0 Å². The molecule has 0 spiro atoms. The highest BCUT2D eigenvalue weighted by Crippen LogP contribution is 2.21. The number of nitrogens with one attached hydrogen (secondary N) is 1. The lowest BCUT2D eigenvalue weighted by atomic mass is 10.3. The van der Waals surface area contributed by atoms with E-state index < -0.39 is 11.6 Å². The summed E-state index contributed by atoms with van der Waals surface area (Å²) in [5.41, 5.74) is 0. The van der Waals surface area contributed by atoms with Gasteiger partial charge in [-0.3, -0.25) is 0 Å². The lowest BCUT2D eigenvalue weighted by Gasteiger charge is -2.05. The largest absolute Gasteiger partial charge is 0.424 e. The molecule has 0 radical (unpaired) electrons. The second-order valence-corrected chi connectivity index (χ2v) is 3.51. The van der Waals surface area contributed by atoms with Crippen LogP contribution in [-0.2, 0) is 0 Å². The first-order valence-corrected chi connectivity index (χ1v) is 5.18. The molecule has 5 nitrogen and oxygen atoms in total. The van der Waals surface area contributed by atoms with Crippen LogP contribution < -0.4 is 10.1 Å². The second-order valence-electron chi connectivity index (χ2n) is 3.17. The van der Waals surface area contributed by atoms with Gasteiger partial charge in [0, 0.05) is 25.2 Å². The Hall–Kier alpha value is -2.02. The smallest absolute Gasteiger partial charge is 0.328 e. The Kier molecular flexibility index (Phi) is 3.52. The number of nitrogens with zero attached hydrogens (tertiary/aromatic N) is 3. The molecule has 0 saturated heterocycles. The first-order valence-electron chi connectivity index (χ1n) is 4.80. The molecule has 8 heteroatoms. The summed E-state index contributed by atoms with van der Waals surface area (Å²) in [5, 5.41) is 2.55. The quantitative estimate of drug-likeness (QED) is 0.931. The van der Waals surface area contributed by atoms with Gasteiger partial charge < -0.3 is 10.1 Å². The fraction of sp³-hybridized carbons (Fsp3) is 0.100. The molecule has 1 N–H and O–H groups in total. The van der Waals surface area contributed by atoms with Crippen molar-refractivity contribution in [3.8, 4) is 11.8 Å². The topological polar surface area (TPSA) is 59.9 Å². The van der Waals surface area contributed by atoms with E-state index in [-0.39, 0.29) is 23.0 Å². The van der Waals surface area contributed by atoms with Crippen LogP contribution in [0.4, 0.5) is 14.7 Å². The molecule has 18 heavy (non-hydrogen) atoms. The molecule has 1 aromatic carbocycles. The van der Waals surface area contributed by atoms with Crippen molar-refractivity contribution < 1.29 is 13.5 Å². The highest BCUT2D eigenvalue weighted by molar-refractivity contribution is 6.28. The van der Waals surface area contributed by atoms with Crippen LogP contribution >= 0.6 is 11.6 Å². The molecule has 0 saturated carbocycles. The Balaban J connectivity index is 2.30. The average Bonchev–Trinajstić information content (AvgIpc) is 2.26. The molecule has 94 valence electrons. The zero-order valence-corrected chi connectivity index (χ0v) is 9.87. The van der Waals surface area contributed by atoms with Crippen LogP contribution in [0.15, 0.2) is 18.2 Å². The molecule has 0 aliphatic rings. The van der Waals surface area contributed by atoms with E-state index in [9.17, 15) is 8.78 Å². The molecule has 1 heterocycles. The third kappa shape index (κ3) is 3.01. The summed E-state index contributed by atoms with van der Waals surface area (Å²) in [4.78, 5) is 11.2. The van der Waals surface area contributed by atoms with Crippen molar-refractivity contribution in [2.75, 3.05) is 12.4 Å². The molecule has 1 aromatic heterocycles. The first kappa shape index (κ1) is 12.4. The first-order chi connectivity index (χ1) is 8.56. The molecular formula is C10H7ClF2N4O. The molecule has 0 unspecified atom stereocenters. The molecule has 0 aliphatic heterocycles. The van der Waals surface area contributed by atoms with E-state index in [0.717, 1.165) is 18.2 Å². The van der Waals surface area contributed by atoms with Gasteiger partial charge in [-0.25, -0.2) is 8.78 Å². The van der Waals surface area contributed by atoms with Gasteiger partial charge in [-0.2, -0.15) is 15.0 Å². The molecule has 0 fully saturated rings. The summed E-state index contributed by atoms with van der Waals surface area (Å²) in [7, 11) is 1.58. The van der Waals surface area contributed by atoms with Gasteiger partial charge in [0.2, 0.25) is 11.2 Å². The van der Waals surface area contributed by atoms with Crippen molar-refractivity contribution in [2.24, 2.45) is 0 Å². The maximum atomic E-state index is 12.9. The number of aromatic nitrogens is 3. The maximum absolute atomic E-state index is 12.9. The van der Waals surface area contributed by atoms with Crippen molar-refractivity contribution in [3.05, 3.63) is 35.1 Å². The fourth-order valence-electron chi connectivity index (χ4n) is 1.18. The van der Waals surface area contributed by atoms with Gasteiger partial charge in [-0.1, -0.05) is 0 Å². The van der Waals surface area contributed by atoms with Crippen molar-refractivity contribution in [2.45, 2.75) is 0 Å². The highest BCUT2D eigenvalue weighted by Gasteiger charge is 2.08. The van der Waals surface area contributed by atoms with Gasteiger partial charge in [0.1, 0.15) is 17.4 Å². The monoisotopic (exact) mass is 272 g/mol. The number of rotatable bonds is 3. The predicted molar refractivity (Wildman–Crippen MR) is 60.8 cm³/mol. The van der Waals surface area contributed by atoms with E-state index in [4.69, 9.17) is 16.3 Å². The normalized spacial score (nSPS) is 10.2. The number of hydrogen-bond acceptors (Lipinski definition) is 5. The zero-order valence-electron chi connectivity index (χ0n) is 9.12. The Morgan fingerprint density at radius 2 is 1.78 bits per heavy atom. The van der Waals surface area contributed by atoms with Crippen LogP contribution in [-0.4, -0.2) is 22.0 Å². The molecule has 2 rings (SSSR count). The summed E-state index contributed by atoms with van der Waals surface area (Å²) in [6.07, 6.45) is 0. The minimum Gasteiger partial charge on any atom is -0.424 e. The minimum atomic E-state index is -0.765. The van der Waals surface area contributed by atoms with Crippen LogP contribution in [0.2, 0.25) is 5.28 Å². The van der Waals surface area contributed by atoms with Gasteiger partial charge >= 0.3 is 6.01 Å². The number of hydrogen-bond donors (Lipinski definition) is 1. The minimum absolute atomic E-state index is 0.0724. The molecular weight excluding hydrogens is 266 g/mol. The Labute approximate surface area is 106 Å². The van der Waals surface area contributed by atoms with E-state index >= 15 is 0 Å². The van der Waals surface area contributed by atoms with Gasteiger partial charge in [-0.15, -0.1) is 0 Å². The number of anilines is 1. The summed E-state index contributed by atoms with van der Waals surface area (Å²) in [6.45, 7) is 0. The van der Waals surface area contributed by atoms with Gasteiger partial charge in [0.15, 0.2) is 0 Å². The third-order valence-corrected chi connectivity index (χ3v) is 2.03.